The number of carbonyl (C=O) groups excluding carboxylic acids is 2. The Bertz CT molecular complexity index is 1060. The van der Waals surface area contributed by atoms with Crippen molar-refractivity contribution in [3.8, 4) is 5.69 Å². The molecule has 1 saturated heterocycles. The fraction of sp³-hybridized carbons (Fsp3) is 0.150. The molecule has 0 aliphatic carbocycles. The SMILES string of the molecule is CC1(C)OC(=O)C(=CNc2ccccc2-n2cnc3ccccc32)C(=O)O1. The number of para-hydroxylation sites is 4. The van der Waals surface area contributed by atoms with Gasteiger partial charge in [0.1, 0.15) is 6.33 Å². The molecule has 4 rings (SSSR count). The summed E-state index contributed by atoms with van der Waals surface area (Å²) in [4.78, 5) is 28.6. The van der Waals surface area contributed by atoms with Crippen molar-refractivity contribution < 1.29 is 19.1 Å². The quantitative estimate of drug-likeness (QED) is 0.437. The fourth-order valence-electron chi connectivity index (χ4n) is 2.89. The van der Waals surface area contributed by atoms with Gasteiger partial charge >= 0.3 is 11.9 Å². The largest absolute Gasteiger partial charge is 0.419 e. The van der Waals surface area contributed by atoms with E-state index in [4.69, 9.17) is 9.47 Å². The number of cyclic esters (lactones) is 2. The van der Waals surface area contributed by atoms with Crippen LogP contribution < -0.4 is 5.32 Å². The number of esters is 2. The zero-order valence-electron chi connectivity index (χ0n) is 14.8. The maximum absolute atomic E-state index is 12.1. The number of fused-ring (bicyclic) bond motifs is 1. The van der Waals surface area contributed by atoms with E-state index in [1.54, 1.807) is 6.33 Å². The minimum atomic E-state index is -1.26. The lowest BCUT2D eigenvalue weighted by Crippen LogP contribution is -2.42. The first-order valence-corrected chi connectivity index (χ1v) is 8.39. The number of benzene rings is 2. The molecule has 2 aromatic carbocycles. The van der Waals surface area contributed by atoms with E-state index in [-0.39, 0.29) is 5.57 Å². The molecule has 0 spiro atoms. The van der Waals surface area contributed by atoms with Crippen LogP contribution in [-0.2, 0) is 19.1 Å². The van der Waals surface area contributed by atoms with Gasteiger partial charge in [-0.05, 0) is 24.3 Å². The number of rotatable bonds is 3. The smallest absolute Gasteiger partial charge is 0.350 e. The number of imidazole rings is 1. The normalized spacial score (nSPS) is 16.0. The summed E-state index contributed by atoms with van der Waals surface area (Å²) in [5, 5.41) is 3.01. The molecular formula is C20H17N3O4. The van der Waals surface area contributed by atoms with Crippen LogP contribution in [0.1, 0.15) is 13.8 Å². The highest BCUT2D eigenvalue weighted by molar-refractivity contribution is 6.15. The second-order valence-electron chi connectivity index (χ2n) is 6.50. The molecule has 1 aliphatic rings. The molecule has 1 N–H and O–H groups in total. The Balaban J connectivity index is 1.69. The third kappa shape index (κ3) is 3.15. The lowest BCUT2D eigenvalue weighted by atomic mass is 10.2. The molecule has 0 bridgehead atoms. The number of nitrogens with one attached hydrogen (secondary N) is 1. The molecule has 7 nitrogen and oxygen atoms in total. The number of aromatic nitrogens is 2. The van der Waals surface area contributed by atoms with E-state index in [9.17, 15) is 9.59 Å². The first kappa shape index (κ1) is 16.8. The Morgan fingerprint density at radius 1 is 1.00 bits per heavy atom. The summed E-state index contributed by atoms with van der Waals surface area (Å²) < 4.78 is 12.1. The van der Waals surface area contributed by atoms with E-state index < -0.39 is 17.7 Å². The van der Waals surface area contributed by atoms with E-state index in [0.717, 1.165) is 16.7 Å². The summed E-state index contributed by atoms with van der Waals surface area (Å²) in [7, 11) is 0. The summed E-state index contributed by atoms with van der Waals surface area (Å²) in [6.45, 7) is 3.01. The minimum absolute atomic E-state index is 0.195. The van der Waals surface area contributed by atoms with Crippen molar-refractivity contribution in [3.05, 3.63) is 66.6 Å². The van der Waals surface area contributed by atoms with Crippen LogP contribution in [0.4, 0.5) is 5.69 Å². The fourth-order valence-corrected chi connectivity index (χ4v) is 2.89. The number of hydrogen-bond acceptors (Lipinski definition) is 6. The Labute approximate surface area is 155 Å². The predicted molar refractivity (Wildman–Crippen MR) is 99.0 cm³/mol. The molecule has 2 heterocycles. The molecule has 0 saturated carbocycles. The zero-order chi connectivity index (χ0) is 19.0. The summed E-state index contributed by atoms with van der Waals surface area (Å²) in [6, 6.07) is 15.3. The van der Waals surface area contributed by atoms with Gasteiger partial charge in [0.2, 0.25) is 0 Å². The van der Waals surface area contributed by atoms with E-state index in [2.05, 4.69) is 10.3 Å². The van der Waals surface area contributed by atoms with Crippen molar-refractivity contribution in [1.29, 1.82) is 0 Å². The molecule has 1 aromatic heterocycles. The van der Waals surface area contributed by atoms with Gasteiger partial charge in [-0.15, -0.1) is 0 Å². The third-order valence-corrected chi connectivity index (χ3v) is 4.11. The van der Waals surface area contributed by atoms with Crippen LogP contribution >= 0.6 is 0 Å². The van der Waals surface area contributed by atoms with Crippen molar-refractivity contribution in [2.45, 2.75) is 19.6 Å². The molecular weight excluding hydrogens is 346 g/mol. The molecule has 7 heteroatoms. The first-order valence-electron chi connectivity index (χ1n) is 8.39. The Hall–Kier alpha value is -3.61. The molecule has 0 atom stereocenters. The summed E-state index contributed by atoms with van der Waals surface area (Å²) in [6.07, 6.45) is 3.03. The van der Waals surface area contributed by atoms with Gasteiger partial charge in [0.25, 0.3) is 5.79 Å². The van der Waals surface area contributed by atoms with E-state index in [0.29, 0.717) is 5.69 Å². The molecule has 0 amide bonds. The average molecular weight is 363 g/mol. The minimum Gasteiger partial charge on any atom is -0.419 e. The average Bonchev–Trinajstić information content (AvgIpc) is 3.04. The number of nitrogens with zero attached hydrogens (tertiary/aromatic N) is 2. The Morgan fingerprint density at radius 3 is 2.44 bits per heavy atom. The van der Waals surface area contributed by atoms with Crippen molar-refractivity contribution in [2.75, 3.05) is 5.32 Å². The van der Waals surface area contributed by atoms with Crippen molar-refractivity contribution in [3.63, 3.8) is 0 Å². The highest BCUT2D eigenvalue weighted by Crippen LogP contribution is 2.26. The second kappa shape index (κ2) is 6.28. The Kier molecular flexibility index (Phi) is 3.92. The van der Waals surface area contributed by atoms with Crippen LogP contribution in [0, 0.1) is 0 Å². The lowest BCUT2D eigenvalue weighted by molar-refractivity contribution is -0.222. The molecule has 0 unspecified atom stereocenters. The van der Waals surface area contributed by atoms with Gasteiger partial charge in [-0.1, -0.05) is 24.3 Å². The van der Waals surface area contributed by atoms with Gasteiger partial charge in [0.05, 0.1) is 22.4 Å². The first-order chi connectivity index (χ1) is 12.9. The number of carbonyl (C=O) groups is 2. The van der Waals surface area contributed by atoms with Crippen molar-refractivity contribution in [1.82, 2.24) is 9.55 Å². The molecule has 1 fully saturated rings. The molecule has 136 valence electrons. The number of ether oxygens (including phenoxy) is 2. The summed E-state index contributed by atoms with van der Waals surface area (Å²) in [5.74, 6) is -2.72. The van der Waals surface area contributed by atoms with Gasteiger partial charge in [-0.25, -0.2) is 14.6 Å². The molecule has 3 aromatic rings. The van der Waals surface area contributed by atoms with E-state index in [1.807, 2.05) is 53.1 Å². The monoisotopic (exact) mass is 363 g/mol. The van der Waals surface area contributed by atoms with Crippen LogP contribution in [0.25, 0.3) is 16.7 Å². The van der Waals surface area contributed by atoms with Crippen molar-refractivity contribution >= 4 is 28.7 Å². The van der Waals surface area contributed by atoms with Gasteiger partial charge in [0, 0.05) is 20.0 Å². The summed E-state index contributed by atoms with van der Waals surface area (Å²) >= 11 is 0. The van der Waals surface area contributed by atoms with Crippen LogP contribution in [0.3, 0.4) is 0 Å². The van der Waals surface area contributed by atoms with Crippen LogP contribution in [0.5, 0.6) is 0 Å². The molecule has 27 heavy (non-hydrogen) atoms. The standard InChI is InChI=1S/C20H17N3O4/c1-20(2)26-18(24)13(19(25)27-20)11-21-14-7-3-5-9-16(14)23-12-22-15-8-4-6-10-17(15)23/h3-12,21H,1-2H3. The summed E-state index contributed by atoms with van der Waals surface area (Å²) in [5.41, 5.74) is 3.13. The van der Waals surface area contributed by atoms with Crippen LogP contribution in [-0.4, -0.2) is 27.3 Å². The highest BCUT2D eigenvalue weighted by atomic mass is 16.7. The zero-order valence-corrected chi connectivity index (χ0v) is 14.8. The molecule has 0 radical (unpaired) electrons. The van der Waals surface area contributed by atoms with E-state index >= 15 is 0 Å². The highest BCUT2D eigenvalue weighted by Gasteiger charge is 2.38. The Morgan fingerprint density at radius 2 is 1.67 bits per heavy atom. The predicted octanol–water partition coefficient (Wildman–Crippen LogP) is 3.16. The van der Waals surface area contributed by atoms with Crippen LogP contribution in [0.2, 0.25) is 0 Å². The number of anilines is 1. The maximum atomic E-state index is 12.1. The molecule has 1 aliphatic heterocycles. The number of hydrogen-bond donors (Lipinski definition) is 1. The topological polar surface area (TPSA) is 82.5 Å². The van der Waals surface area contributed by atoms with Gasteiger partial charge in [-0.2, -0.15) is 0 Å². The van der Waals surface area contributed by atoms with Gasteiger partial charge < -0.3 is 14.8 Å². The van der Waals surface area contributed by atoms with Crippen LogP contribution in [0.15, 0.2) is 66.6 Å². The van der Waals surface area contributed by atoms with Gasteiger partial charge in [0.15, 0.2) is 5.57 Å². The van der Waals surface area contributed by atoms with E-state index in [1.165, 1.54) is 20.0 Å². The maximum Gasteiger partial charge on any atom is 0.350 e. The lowest BCUT2D eigenvalue weighted by Gasteiger charge is -2.29. The second-order valence-corrected chi connectivity index (χ2v) is 6.50. The van der Waals surface area contributed by atoms with Gasteiger partial charge in [-0.3, -0.25) is 4.57 Å². The third-order valence-electron chi connectivity index (χ3n) is 4.11. The van der Waals surface area contributed by atoms with Crippen molar-refractivity contribution in [2.24, 2.45) is 0 Å².